The molecule has 2 fully saturated rings. The van der Waals surface area contributed by atoms with Gasteiger partial charge in [-0.05, 0) is 37.3 Å². The molecule has 2 saturated heterocycles. The second-order valence-corrected chi connectivity index (χ2v) is 9.64. The van der Waals surface area contributed by atoms with E-state index < -0.39 is 15.3 Å². The Bertz CT molecular complexity index is 811. The second kappa shape index (κ2) is 5.83. The zero-order chi connectivity index (χ0) is 17.7. The number of rotatable bonds is 1. The van der Waals surface area contributed by atoms with E-state index in [1.807, 2.05) is 29.2 Å². The maximum Gasteiger partial charge on any atom is 0.235 e. The molecular weight excluding hydrogens is 340 g/mol. The fraction of sp³-hybridized carbons (Fsp3) is 0.556. The Balaban J connectivity index is 1.45. The number of sulfone groups is 1. The van der Waals surface area contributed by atoms with Crippen molar-refractivity contribution in [3.63, 3.8) is 0 Å². The van der Waals surface area contributed by atoms with E-state index in [0.29, 0.717) is 38.8 Å². The molecule has 0 atom stereocenters. The summed E-state index contributed by atoms with van der Waals surface area (Å²) in [7, 11) is -2.96. The standard InChI is InChI=1S/C18H22N2O4S/c21-16(13-5-11-25(23,24)12-6-13)20-9-7-18(8-10-20)14-3-1-2-4-15(14)19-17(18)22/h1-4,13H,5-12H2,(H,19,22). The summed E-state index contributed by atoms with van der Waals surface area (Å²) >= 11 is 0. The first-order valence-electron chi connectivity index (χ1n) is 8.81. The Morgan fingerprint density at radius 3 is 2.44 bits per heavy atom. The Hall–Kier alpha value is -1.89. The lowest BCUT2D eigenvalue weighted by Gasteiger charge is -2.39. The number of benzene rings is 1. The van der Waals surface area contributed by atoms with Crippen LogP contribution in [0.1, 0.15) is 31.2 Å². The van der Waals surface area contributed by atoms with Crippen molar-refractivity contribution in [3.05, 3.63) is 29.8 Å². The minimum Gasteiger partial charge on any atom is -0.342 e. The molecule has 3 aliphatic heterocycles. The fourth-order valence-electron chi connectivity index (χ4n) is 4.37. The normalized spacial score (nSPS) is 24.8. The largest absolute Gasteiger partial charge is 0.342 e. The Morgan fingerprint density at radius 2 is 1.76 bits per heavy atom. The van der Waals surface area contributed by atoms with Gasteiger partial charge < -0.3 is 10.2 Å². The van der Waals surface area contributed by atoms with Crippen LogP contribution in [-0.2, 0) is 24.8 Å². The Morgan fingerprint density at radius 1 is 1.12 bits per heavy atom. The highest BCUT2D eigenvalue weighted by atomic mass is 32.2. The highest BCUT2D eigenvalue weighted by Gasteiger charge is 2.49. The molecule has 2 amide bonds. The van der Waals surface area contributed by atoms with Gasteiger partial charge in [0.2, 0.25) is 11.8 Å². The topological polar surface area (TPSA) is 83.6 Å². The third kappa shape index (κ3) is 2.74. The summed E-state index contributed by atoms with van der Waals surface area (Å²) in [5.41, 5.74) is 1.39. The molecule has 3 heterocycles. The van der Waals surface area contributed by atoms with Crippen molar-refractivity contribution < 1.29 is 18.0 Å². The zero-order valence-electron chi connectivity index (χ0n) is 14.0. The van der Waals surface area contributed by atoms with Crippen molar-refractivity contribution in [2.75, 3.05) is 29.9 Å². The van der Waals surface area contributed by atoms with Crippen molar-refractivity contribution in [3.8, 4) is 0 Å². The molecule has 1 N–H and O–H groups in total. The van der Waals surface area contributed by atoms with Crippen molar-refractivity contribution in [1.29, 1.82) is 0 Å². The minimum absolute atomic E-state index is 0.0320. The summed E-state index contributed by atoms with van der Waals surface area (Å²) in [5.74, 6) is 0.108. The maximum absolute atomic E-state index is 12.7. The molecule has 7 heteroatoms. The molecular formula is C18H22N2O4S. The van der Waals surface area contributed by atoms with Crippen molar-refractivity contribution in [2.24, 2.45) is 5.92 Å². The molecule has 4 rings (SSSR count). The van der Waals surface area contributed by atoms with Crippen LogP contribution in [0, 0.1) is 5.92 Å². The number of hydrogen-bond donors (Lipinski definition) is 1. The number of fused-ring (bicyclic) bond motifs is 2. The quantitative estimate of drug-likeness (QED) is 0.817. The molecule has 25 heavy (non-hydrogen) atoms. The van der Waals surface area contributed by atoms with Gasteiger partial charge in [-0.3, -0.25) is 9.59 Å². The molecule has 0 saturated carbocycles. The third-order valence-electron chi connectivity index (χ3n) is 5.96. The molecule has 0 aliphatic carbocycles. The molecule has 0 aromatic heterocycles. The van der Waals surface area contributed by atoms with E-state index in [-0.39, 0.29) is 29.2 Å². The summed E-state index contributed by atoms with van der Waals surface area (Å²) in [6, 6.07) is 7.77. The predicted molar refractivity (Wildman–Crippen MR) is 93.9 cm³/mol. The van der Waals surface area contributed by atoms with E-state index >= 15 is 0 Å². The number of anilines is 1. The number of nitrogens with zero attached hydrogens (tertiary/aromatic N) is 1. The molecule has 0 bridgehead atoms. The Kier molecular flexibility index (Phi) is 3.86. The van der Waals surface area contributed by atoms with E-state index in [1.165, 1.54) is 0 Å². The maximum atomic E-state index is 12.7. The smallest absolute Gasteiger partial charge is 0.235 e. The van der Waals surface area contributed by atoms with Gasteiger partial charge in [0, 0.05) is 24.7 Å². The van der Waals surface area contributed by atoms with Crippen LogP contribution in [-0.4, -0.2) is 49.7 Å². The average Bonchev–Trinajstić information content (AvgIpc) is 2.87. The van der Waals surface area contributed by atoms with E-state index in [0.717, 1.165) is 11.3 Å². The van der Waals surface area contributed by atoms with Gasteiger partial charge in [-0.15, -0.1) is 0 Å². The fourth-order valence-corrected chi connectivity index (χ4v) is 5.87. The molecule has 134 valence electrons. The van der Waals surface area contributed by atoms with Crippen molar-refractivity contribution in [2.45, 2.75) is 31.1 Å². The summed E-state index contributed by atoms with van der Waals surface area (Å²) in [6.45, 7) is 1.09. The first kappa shape index (κ1) is 16.6. The second-order valence-electron chi connectivity index (χ2n) is 7.33. The van der Waals surface area contributed by atoms with E-state index in [1.54, 1.807) is 0 Å². The zero-order valence-corrected chi connectivity index (χ0v) is 14.8. The van der Waals surface area contributed by atoms with Crippen LogP contribution in [0.2, 0.25) is 0 Å². The molecule has 1 aromatic rings. The molecule has 0 unspecified atom stereocenters. The van der Waals surface area contributed by atoms with Gasteiger partial charge in [-0.1, -0.05) is 18.2 Å². The van der Waals surface area contributed by atoms with Gasteiger partial charge >= 0.3 is 0 Å². The first-order chi connectivity index (χ1) is 11.9. The molecule has 0 radical (unpaired) electrons. The Labute approximate surface area is 147 Å². The number of carbonyl (C=O) groups excluding carboxylic acids is 2. The third-order valence-corrected chi connectivity index (χ3v) is 7.67. The lowest BCUT2D eigenvalue weighted by Crippen LogP contribution is -2.50. The van der Waals surface area contributed by atoms with Crippen LogP contribution < -0.4 is 5.32 Å². The number of piperidine rings is 1. The van der Waals surface area contributed by atoms with Gasteiger partial charge in [-0.2, -0.15) is 0 Å². The van der Waals surface area contributed by atoms with E-state index in [2.05, 4.69) is 5.32 Å². The molecule has 1 aromatic carbocycles. The summed E-state index contributed by atoms with van der Waals surface area (Å²) in [5, 5.41) is 2.97. The highest BCUT2D eigenvalue weighted by Crippen LogP contribution is 2.45. The summed E-state index contributed by atoms with van der Waals surface area (Å²) < 4.78 is 23.1. The van der Waals surface area contributed by atoms with Crippen molar-refractivity contribution >= 4 is 27.3 Å². The van der Waals surface area contributed by atoms with Crippen molar-refractivity contribution in [1.82, 2.24) is 4.90 Å². The lowest BCUT2D eigenvalue weighted by molar-refractivity contribution is -0.139. The highest BCUT2D eigenvalue weighted by molar-refractivity contribution is 7.91. The summed E-state index contributed by atoms with van der Waals surface area (Å²) in [4.78, 5) is 27.1. The molecule has 6 nitrogen and oxygen atoms in total. The van der Waals surface area contributed by atoms with Crippen LogP contribution in [0.4, 0.5) is 5.69 Å². The number of para-hydroxylation sites is 1. The summed E-state index contributed by atoms with van der Waals surface area (Å²) in [6.07, 6.45) is 2.08. The SMILES string of the molecule is O=C(C1CCS(=O)(=O)CC1)N1CCC2(CC1)C(=O)Nc1ccccc12. The van der Waals surface area contributed by atoms with Gasteiger partial charge in [0.1, 0.15) is 9.84 Å². The first-order valence-corrected chi connectivity index (χ1v) is 10.6. The number of carbonyl (C=O) groups is 2. The molecule has 3 aliphatic rings. The van der Waals surface area contributed by atoms with Crippen LogP contribution in [0.15, 0.2) is 24.3 Å². The number of likely N-dealkylation sites (tertiary alicyclic amines) is 1. The molecule has 1 spiro atoms. The van der Waals surface area contributed by atoms with Gasteiger partial charge in [0.15, 0.2) is 0 Å². The van der Waals surface area contributed by atoms with Gasteiger partial charge in [0.05, 0.1) is 16.9 Å². The number of nitrogens with one attached hydrogen (secondary N) is 1. The van der Waals surface area contributed by atoms with Crippen LogP contribution in [0.25, 0.3) is 0 Å². The van der Waals surface area contributed by atoms with E-state index in [4.69, 9.17) is 0 Å². The van der Waals surface area contributed by atoms with E-state index in [9.17, 15) is 18.0 Å². The van der Waals surface area contributed by atoms with Crippen LogP contribution in [0.3, 0.4) is 0 Å². The minimum atomic E-state index is -2.96. The van der Waals surface area contributed by atoms with Gasteiger partial charge in [0.25, 0.3) is 0 Å². The lowest BCUT2D eigenvalue weighted by atomic mass is 9.73. The predicted octanol–water partition coefficient (Wildman–Crippen LogP) is 1.32. The monoisotopic (exact) mass is 362 g/mol. The average molecular weight is 362 g/mol. The number of hydrogen-bond acceptors (Lipinski definition) is 4. The number of amides is 2. The van der Waals surface area contributed by atoms with Gasteiger partial charge in [-0.25, -0.2) is 8.42 Å². The van der Waals surface area contributed by atoms with Crippen LogP contribution in [0.5, 0.6) is 0 Å². The van der Waals surface area contributed by atoms with Crippen LogP contribution >= 0.6 is 0 Å².